The maximum atomic E-state index is 13.9. The van der Waals surface area contributed by atoms with Crippen LogP contribution in [-0.4, -0.2) is 24.8 Å². The van der Waals surface area contributed by atoms with Crippen LogP contribution in [-0.2, 0) is 4.74 Å². The fraction of sp³-hybridized carbons (Fsp3) is 0.200. The van der Waals surface area contributed by atoms with Gasteiger partial charge < -0.3 is 10.5 Å². The Morgan fingerprint density at radius 1 is 1.65 bits per heavy atom. The Hall–Kier alpha value is -1.14. The number of nitrogens with two attached hydrogens (primary N) is 1. The van der Waals surface area contributed by atoms with E-state index in [2.05, 4.69) is 25.7 Å². The Labute approximate surface area is 111 Å². The molecule has 0 bridgehead atoms. The van der Waals surface area contributed by atoms with Crippen molar-refractivity contribution in [2.24, 2.45) is 10.7 Å². The van der Waals surface area contributed by atoms with Crippen LogP contribution in [0.1, 0.15) is 10.4 Å². The molecule has 4 nitrogen and oxygen atoms in total. The zero-order valence-electron chi connectivity index (χ0n) is 8.84. The van der Waals surface area contributed by atoms with Gasteiger partial charge in [-0.15, -0.1) is 11.6 Å². The van der Waals surface area contributed by atoms with Crippen LogP contribution < -0.4 is 5.73 Å². The number of rotatable bonds is 3. The lowest BCUT2D eigenvalue weighted by Crippen LogP contribution is -2.13. The Morgan fingerprint density at radius 3 is 2.82 bits per heavy atom. The van der Waals surface area contributed by atoms with Crippen LogP contribution in [0.5, 0.6) is 0 Å². The molecular formula is C10H9BrClFN2O2. The van der Waals surface area contributed by atoms with Gasteiger partial charge in [-0.05, 0) is 12.1 Å². The summed E-state index contributed by atoms with van der Waals surface area (Å²) in [5.41, 5.74) is 5.11. The van der Waals surface area contributed by atoms with E-state index in [-0.39, 0.29) is 23.0 Å². The molecule has 0 aliphatic rings. The fourth-order valence-electron chi connectivity index (χ4n) is 1.10. The molecule has 0 saturated heterocycles. The molecule has 0 fully saturated rings. The van der Waals surface area contributed by atoms with Crippen LogP contribution in [0.4, 0.5) is 10.1 Å². The molecule has 0 aliphatic heterocycles. The lowest BCUT2D eigenvalue weighted by molar-refractivity contribution is 0.0595. The molecule has 0 aromatic heterocycles. The first-order valence-electron chi connectivity index (χ1n) is 4.46. The summed E-state index contributed by atoms with van der Waals surface area (Å²) in [5, 5.41) is 0. The number of carbonyl (C=O) groups excluding carboxylic acids is 1. The lowest BCUT2D eigenvalue weighted by Gasteiger charge is -2.05. The van der Waals surface area contributed by atoms with Crippen molar-refractivity contribution in [1.82, 2.24) is 0 Å². The second-order valence-corrected chi connectivity index (χ2v) is 4.20. The first-order valence-corrected chi connectivity index (χ1v) is 5.78. The number of hydrogen-bond acceptors (Lipinski definition) is 3. The summed E-state index contributed by atoms with van der Waals surface area (Å²) in [5.74, 6) is -1.56. The third-order valence-electron chi connectivity index (χ3n) is 1.82. The number of hydrogen-bond donors (Lipinski definition) is 1. The summed E-state index contributed by atoms with van der Waals surface area (Å²) >= 11 is 8.58. The van der Waals surface area contributed by atoms with Crippen molar-refractivity contribution < 1.29 is 13.9 Å². The van der Waals surface area contributed by atoms with E-state index >= 15 is 0 Å². The van der Waals surface area contributed by atoms with E-state index in [1.54, 1.807) is 0 Å². The number of methoxy groups -OCH3 is 1. The highest BCUT2D eigenvalue weighted by Crippen LogP contribution is 2.27. The molecule has 17 heavy (non-hydrogen) atoms. The van der Waals surface area contributed by atoms with Crippen LogP contribution in [0.15, 0.2) is 21.6 Å². The van der Waals surface area contributed by atoms with Gasteiger partial charge in [0.1, 0.15) is 11.5 Å². The van der Waals surface area contributed by atoms with Crippen molar-refractivity contribution >= 4 is 45.0 Å². The third kappa shape index (κ3) is 3.41. The fourth-order valence-corrected chi connectivity index (χ4v) is 1.60. The average Bonchev–Trinajstić information content (AvgIpc) is 2.32. The SMILES string of the molecule is COC(=O)c1cc(Br)cc(N=C(N)CCl)c1F. The number of alkyl halides is 1. The van der Waals surface area contributed by atoms with Gasteiger partial charge in [-0.1, -0.05) is 15.9 Å². The normalized spacial score (nSPS) is 11.4. The van der Waals surface area contributed by atoms with Gasteiger partial charge in [0, 0.05) is 4.47 Å². The molecule has 1 rings (SSSR count). The van der Waals surface area contributed by atoms with Crippen molar-refractivity contribution in [3.8, 4) is 0 Å². The molecule has 0 heterocycles. The number of ether oxygens (including phenoxy) is 1. The van der Waals surface area contributed by atoms with Gasteiger partial charge in [-0.25, -0.2) is 14.2 Å². The highest BCUT2D eigenvalue weighted by atomic mass is 79.9. The molecule has 0 radical (unpaired) electrons. The van der Waals surface area contributed by atoms with Gasteiger partial charge >= 0.3 is 5.97 Å². The van der Waals surface area contributed by atoms with Crippen molar-refractivity contribution in [3.63, 3.8) is 0 Å². The van der Waals surface area contributed by atoms with Gasteiger partial charge in [-0.3, -0.25) is 0 Å². The molecule has 0 spiro atoms. The number of benzene rings is 1. The van der Waals surface area contributed by atoms with Crippen LogP contribution in [0.25, 0.3) is 0 Å². The molecule has 92 valence electrons. The molecule has 0 aliphatic carbocycles. The van der Waals surface area contributed by atoms with Crippen LogP contribution in [0.3, 0.4) is 0 Å². The summed E-state index contributed by atoms with van der Waals surface area (Å²) < 4.78 is 18.8. The van der Waals surface area contributed by atoms with Crippen molar-refractivity contribution in [3.05, 3.63) is 28.0 Å². The standard InChI is InChI=1S/C10H9BrClFN2O2/c1-17-10(16)6-2-5(11)3-7(9(6)13)15-8(14)4-12/h2-3H,4H2,1H3,(H2,14,15). The number of aliphatic imine (C=N–C) groups is 1. The van der Waals surface area contributed by atoms with E-state index in [0.717, 1.165) is 0 Å². The minimum absolute atomic E-state index is 0.0283. The summed E-state index contributed by atoms with van der Waals surface area (Å²) in [4.78, 5) is 15.1. The lowest BCUT2D eigenvalue weighted by atomic mass is 10.2. The molecule has 0 saturated carbocycles. The summed E-state index contributed by atoms with van der Waals surface area (Å²) in [6.45, 7) is 0. The van der Waals surface area contributed by atoms with Crippen LogP contribution in [0, 0.1) is 5.82 Å². The van der Waals surface area contributed by atoms with Gasteiger partial charge in [-0.2, -0.15) is 0 Å². The van der Waals surface area contributed by atoms with Crippen LogP contribution in [0.2, 0.25) is 0 Å². The molecule has 1 aromatic rings. The van der Waals surface area contributed by atoms with E-state index in [1.165, 1.54) is 19.2 Å². The van der Waals surface area contributed by atoms with E-state index < -0.39 is 11.8 Å². The second kappa shape index (κ2) is 5.97. The Kier molecular flexibility index (Phi) is 4.89. The van der Waals surface area contributed by atoms with Crippen molar-refractivity contribution in [2.45, 2.75) is 0 Å². The predicted octanol–water partition coefficient (Wildman–Crippen LogP) is 2.60. The third-order valence-corrected chi connectivity index (χ3v) is 2.56. The van der Waals surface area contributed by atoms with Gasteiger partial charge in [0.25, 0.3) is 0 Å². The Morgan fingerprint density at radius 2 is 2.29 bits per heavy atom. The second-order valence-electron chi connectivity index (χ2n) is 3.01. The first-order chi connectivity index (χ1) is 7.99. The van der Waals surface area contributed by atoms with E-state index in [4.69, 9.17) is 17.3 Å². The minimum atomic E-state index is -0.798. The maximum Gasteiger partial charge on any atom is 0.340 e. The average molecular weight is 324 g/mol. The van der Waals surface area contributed by atoms with E-state index in [0.29, 0.717) is 4.47 Å². The number of halogens is 3. The number of amidine groups is 1. The predicted molar refractivity (Wildman–Crippen MR) is 67.4 cm³/mol. The van der Waals surface area contributed by atoms with E-state index in [9.17, 15) is 9.18 Å². The minimum Gasteiger partial charge on any atom is -0.465 e. The number of esters is 1. The molecular weight excluding hydrogens is 314 g/mol. The zero-order valence-corrected chi connectivity index (χ0v) is 11.2. The molecule has 1 aromatic carbocycles. The summed E-state index contributed by atoms with van der Waals surface area (Å²) in [6, 6.07) is 2.69. The smallest absolute Gasteiger partial charge is 0.340 e. The maximum absolute atomic E-state index is 13.9. The highest BCUT2D eigenvalue weighted by Gasteiger charge is 2.17. The Balaban J connectivity index is 3.33. The number of nitrogens with zero attached hydrogens (tertiary/aromatic N) is 1. The summed E-state index contributed by atoms with van der Waals surface area (Å²) in [6.07, 6.45) is 0. The molecule has 0 amide bonds. The molecule has 7 heteroatoms. The van der Waals surface area contributed by atoms with Gasteiger partial charge in [0.15, 0.2) is 5.82 Å². The molecule has 0 atom stereocenters. The molecule has 0 unspecified atom stereocenters. The van der Waals surface area contributed by atoms with E-state index in [1.807, 2.05) is 0 Å². The van der Waals surface area contributed by atoms with Crippen LogP contribution >= 0.6 is 27.5 Å². The monoisotopic (exact) mass is 322 g/mol. The quantitative estimate of drug-likeness (QED) is 0.402. The largest absolute Gasteiger partial charge is 0.465 e. The summed E-state index contributed by atoms with van der Waals surface area (Å²) in [7, 11) is 1.17. The highest BCUT2D eigenvalue weighted by molar-refractivity contribution is 9.10. The first kappa shape index (κ1) is 13.9. The van der Waals surface area contributed by atoms with Crippen molar-refractivity contribution in [2.75, 3.05) is 13.0 Å². The topological polar surface area (TPSA) is 64.7 Å². The zero-order chi connectivity index (χ0) is 13.0. The van der Waals surface area contributed by atoms with Gasteiger partial charge in [0.2, 0.25) is 0 Å². The Bertz CT molecular complexity index is 480. The number of carbonyl (C=O) groups is 1. The molecule has 2 N–H and O–H groups in total. The van der Waals surface area contributed by atoms with Crippen molar-refractivity contribution in [1.29, 1.82) is 0 Å². The van der Waals surface area contributed by atoms with Gasteiger partial charge in [0.05, 0.1) is 18.6 Å².